The van der Waals surface area contributed by atoms with Crippen molar-refractivity contribution in [3.8, 4) is 0 Å². The average molecular weight is 351 g/mol. The van der Waals surface area contributed by atoms with E-state index in [-0.39, 0.29) is 43.5 Å². The Kier molecular flexibility index (Phi) is 4.26. The number of ether oxygens (including phenoxy) is 1. The van der Waals surface area contributed by atoms with Crippen LogP contribution in [0.25, 0.3) is 0 Å². The number of nitrogens with one attached hydrogen (secondary N) is 1. The van der Waals surface area contributed by atoms with Crippen LogP contribution in [0.1, 0.15) is 10.4 Å². The Labute approximate surface area is 140 Å². The third-order valence-electron chi connectivity index (χ3n) is 4.06. The van der Waals surface area contributed by atoms with Gasteiger partial charge in [-0.25, -0.2) is 14.0 Å². The Morgan fingerprint density at radius 3 is 2.72 bits per heavy atom. The molecule has 3 amide bonds. The van der Waals surface area contributed by atoms with E-state index in [0.29, 0.717) is 0 Å². The molecule has 2 saturated heterocycles. The molecule has 10 heteroatoms. The van der Waals surface area contributed by atoms with Crippen molar-refractivity contribution in [1.29, 1.82) is 0 Å². The van der Waals surface area contributed by atoms with Crippen molar-refractivity contribution in [2.24, 2.45) is 0 Å². The molecule has 1 unspecified atom stereocenters. The fraction of sp³-hybridized carbons (Fsp3) is 0.333. The molecule has 0 radical (unpaired) electrons. The number of benzene rings is 1. The largest absolute Gasteiger partial charge is 0.478 e. The summed E-state index contributed by atoms with van der Waals surface area (Å²) in [7, 11) is 0. The van der Waals surface area contributed by atoms with Gasteiger partial charge < -0.3 is 20.1 Å². The molecule has 1 aromatic carbocycles. The molecule has 0 aliphatic carbocycles. The van der Waals surface area contributed by atoms with Crippen LogP contribution < -0.4 is 5.32 Å². The van der Waals surface area contributed by atoms with Gasteiger partial charge in [0.2, 0.25) is 0 Å². The molecule has 2 heterocycles. The number of carboxylic acids is 1. The highest BCUT2D eigenvalue weighted by Crippen LogP contribution is 2.19. The van der Waals surface area contributed by atoms with Crippen molar-refractivity contribution in [1.82, 2.24) is 9.80 Å². The number of piperazine rings is 1. The van der Waals surface area contributed by atoms with Gasteiger partial charge in [0.1, 0.15) is 12.4 Å². The van der Waals surface area contributed by atoms with Crippen molar-refractivity contribution in [2.75, 3.05) is 31.6 Å². The quantitative estimate of drug-likeness (QED) is 0.732. The van der Waals surface area contributed by atoms with Crippen molar-refractivity contribution >= 4 is 29.6 Å². The van der Waals surface area contributed by atoms with E-state index in [1.807, 2.05) is 0 Å². The minimum absolute atomic E-state index is 0.148. The van der Waals surface area contributed by atoms with Crippen LogP contribution in [0, 0.1) is 5.82 Å². The number of cyclic esters (lactones) is 1. The molecule has 0 aromatic heterocycles. The van der Waals surface area contributed by atoms with Gasteiger partial charge in [0.15, 0.2) is 0 Å². The monoisotopic (exact) mass is 351 g/mol. The maximum Gasteiger partial charge on any atom is 0.410 e. The second kappa shape index (κ2) is 6.38. The fourth-order valence-corrected chi connectivity index (χ4v) is 2.74. The van der Waals surface area contributed by atoms with Crippen LogP contribution in [0.5, 0.6) is 0 Å². The van der Waals surface area contributed by atoms with Gasteiger partial charge in [0, 0.05) is 19.6 Å². The summed E-state index contributed by atoms with van der Waals surface area (Å²) < 4.78 is 18.7. The lowest BCUT2D eigenvalue weighted by atomic mass is 10.2. The number of anilines is 1. The summed E-state index contributed by atoms with van der Waals surface area (Å²) in [5.74, 6) is -4.17. The molecule has 132 valence electrons. The zero-order valence-electron chi connectivity index (χ0n) is 12.9. The molecular formula is C15H14FN3O6. The molecule has 1 aromatic rings. The smallest absolute Gasteiger partial charge is 0.410 e. The topological polar surface area (TPSA) is 116 Å². The fourth-order valence-electron chi connectivity index (χ4n) is 2.74. The number of carbonyl (C=O) groups is 4. The van der Waals surface area contributed by atoms with Crippen LogP contribution in [0.3, 0.4) is 0 Å². The van der Waals surface area contributed by atoms with E-state index in [1.54, 1.807) is 0 Å². The molecule has 0 saturated carbocycles. The molecule has 0 bridgehead atoms. The lowest BCUT2D eigenvalue weighted by Crippen LogP contribution is -2.55. The first kappa shape index (κ1) is 16.7. The van der Waals surface area contributed by atoms with E-state index >= 15 is 0 Å². The number of halogens is 1. The van der Waals surface area contributed by atoms with E-state index in [4.69, 9.17) is 9.84 Å². The van der Waals surface area contributed by atoms with Crippen molar-refractivity contribution in [3.05, 3.63) is 29.6 Å². The number of rotatable bonds is 2. The van der Waals surface area contributed by atoms with Gasteiger partial charge in [0.05, 0.1) is 17.3 Å². The summed E-state index contributed by atoms with van der Waals surface area (Å²) in [6, 6.07) is 2.64. The third-order valence-corrected chi connectivity index (χ3v) is 4.06. The number of amides is 3. The van der Waals surface area contributed by atoms with Gasteiger partial charge in [0.25, 0.3) is 0 Å². The van der Waals surface area contributed by atoms with Gasteiger partial charge >= 0.3 is 23.9 Å². The van der Waals surface area contributed by atoms with Crippen LogP contribution >= 0.6 is 0 Å². The predicted octanol–water partition coefficient (Wildman–Crippen LogP) is 0.125. The van der Waals surface area contributed by atoms with Crippen molar-refractivity contribution in [2.45, 2.75) is 6.04 Å². The molecule has 2 aliphatic heterocycles. The Hall–Kier alpha value is -3.17. The van der Waals surface area contributed by atoms with Gasteiger partial charge in [-0.2, -0.15) is 0 Å². The minimum atomic E-state index is -1.31. The van der Waals surface area contributed by atoms with Crippen LogP contribution in [-0.2, 0) is 14.3 Å². The summed E-state index contributed by atoms with van der Waals surface area (Å²) >= 11 is 0. The van der Waals surface area contributed by atoms with Gasteiger partial charge in [-0.15, -0.1) is 0 Å². The van der Waals surface area contributed by atoms with Gasteiger partial charge in [-0.1, -0.05) is 0 Å². The first-order valence-corrected chi connectivity index (χ1v) is 7.43. The van der Waals surface area contributed by atoms with E-state index in [2.05, 4.69) is 5.32 Å². The SMILES string of the molecule is O=C(Nc1ccc(C(=O)O)cc1F)C(=O)N1CCN2C(=O)OCC2C1. The molecule has 2 fully saturated rings. The van der Waals surface area contributed by atoms with Gasteiger partial charge in [-0.3, -0.25) is 14.5 Å². The number of nitrogens with zero attached hydrogens (tertiary/aromatic N) is 2. The highest BCUT2D eigenvalue weighted by atomic mass is 19.1. The van der Waals surface area contributed by atoms with E-state index in [1.165, 1.54) is 9.80 Å². The Bertz CT molecular complexity index is 768. The standard InChI is InChI=1S/C15H14FN3O6/c16-10-5-8(14(22)23)1-2-11(10)17-12(20)13(21)18-3-4-19-9(6-18)7-25-15(19)24/h1-2,5,9H,3-4,6-7H2,(H,17,20)(H,22,23). The maximum absolute atomic E-state index is 13.8. The second-order valence-corrected chi connectivity index (χ2v) is 5.63. The second-order valence-electron chi connectivity index (χ2n) is 5.63. The summed E-state index contributed by atoms with van der Waals surface area (Å²) in [5.41, 5.74) is -0.565. The van der Waals surface area contributed by atoms with Crippen LogP contribution in [0.15, 0.2) is 18.2 Å². The summed E-state index contributed by atoms with van der Waals surface area (Å²) in [4.78, 5) is 49.2. The van der Waals surface area contributed by atoms with Crippen molar-refractivity contribution < 1.29 is 33.4 Å². The Balaban J connectivity index is 1.64. The van der Waals surface area contributed by atoms with Crippen LogP contribution in [0.2, 0.25) is 0 Å². The molecule has 2 aliphatic rings. The summed E-state index contributed by atoms with van der Waals surface area (Å²) in [6.45, 7) is 0.719. The minimum Gasteiger partial charge on any atom is -0.478 e. The summed E-state index contributed by atoms with van der Waals surface area (Å²) in [6.07, 6.45) is -0.442. The van der Waals surface area contributed by atoms with E-state index < -0.39 is 29.7 Å². The Morgan fingerprint density at radius 2 is 2.04 bits per heavy atom. The molecule has 9 nitrogen and oxygen atoms in total. The van der Waals surface area contributed by atoms with E-state index in [9.17, 15) is 23.6 Å². The number of fused-ring (bicyclic) bond motifs is 1. The number of hydrogen-bond donors (Lipinski definition) is 2. The predicted molar refractivity (Wildman–Crippen MR) is 80.4 cm³/mol. The number of aromatic carboxylic acids is 1. The van der Waals surface area contributed by atoms with E-state index in [0.717, 1.165) is 18.2 Å². The Morgan fingerprint density at radius 1 is 1.28 bits per heavy atom. The normalized spacial score (nSPS) is 19.2. The van der Waals surface area contributed by atoms with Crippen molar-refractivity contribution in [3.63, 3.8) is 0 Å². The van der Waals surface area contributed by atoms with Crippen LogP contribution in [-0.4, -0.2) is 71.1 Å². The number of carbonyl (C=O) groups excluding carboxylic acids is 3. The number of hydrogen-bond acceptors (Lipinski definition) is 5. The first-order valence-electron chi connectivity index (χ1n) is 7.43. The lowest BCUT2D eigenvalue weighted by molar-refractivity contribution is -0.144. The number of carboxylic acid groups (broad SMARTS) is 1. The zero-order valence-corrected chi connectivity index (χ0v) is 12.9. The molecule has 2 N–H and O–H groups in total. The average Bonchev–Trinajstić information content (AvgIpc) is 2.96. The highest BCUT2D eigenvalue weighted by molar-refractivity contribution is 6.39. The van der Waals surface area contributed by atoms with Gasteiger partial charge in [-0.05, 0) is 18.2 Å². The van der Waals surface area contributed by atoms with Crippen LogP contribution in [0.4, 0.5) is 14.9 Å². The highest BCUT2D eigenvalue weighted by Gasteiger charge is 2.39. The molecular weight excluding hydrogens is 337 g/mol. The lowest BCUT2D eigenvalue weighted by Gasteiger charge is -2.34. The first-order chi connectivity index (χ1) is 11.9. The third kappa shape index (κ3) is 3.23. The summed E-state index contributed by atoms with van der Waals surface area (Å²) in [5, 5.41) is 10.9. The zero-order chi connectivity index (χ0) is 18.1. The maximum atomic E-state index is 13.8. The molecule has 3 rings (SSSR count). The molecule has 25 heavy (non-hydrogen) atoms. The molecule has 0 spiro atoms. The molecule has 1 atom stereocenters.